The number of nitrogens with zero attached hydrogens (tertiary/aromatic N) is 1. The second-order valence-corrected chi connectivity index (χ2v) is 5.85. The summed E-state index contributed by atoms with van der Waals surface area (Å²) in [6.45, 7) is 8.34. The minimum absolute atomic E-state index is 0.0958. The number of rotatable bonds is 6. The molecular weight excluding hydrogens is 240 g/mol. The average Bonchev–Trinajstić information content (AvgIpc) is 2.38. The molecule has 0 saturated heterocycles. The molecule has 0 radical (unpaired) electrons. The Balaban J connectivity index is 2.63. The van der Waals surface area contributed by atoms with Gasteiger partial charge in [-0.2, -0.15) is 0 Å². The maximum atomic E-state index is 12.0. The highest BCUT2D eigenvalue weighted by atomic mass is 16.3. The molecule has 106 valence electrons. The number of aromatic nitrogens is 1. The van der Waals surface area contributed by atoms with Gasteiger partial charge in [0.15, 0.2) is 0 Å². The normalized spacial score (nSPS) is 13.4. The second kappa shape index (κ2) is 6.66. The van der Waals surface area contributed by atoms with E-state index in [1.54, 1.807) is 6.20 Å². The molecule has 1 atom stereocenters. The van der Waals surface area contributed by atoms with Crippen molar-refractivity contribution in [2.45, 2.75) is 33.1 Å². The predicted octanol–water partition coefficient (Wildman–Crippen LogP) is 1.74. The molecular formula is C15H24N2O2. The summed E-state index contributed by atoms with van der Waals surface area (Å²) in [6, 6.07) is 5.77. The number of carbonyl (C=O) groups is 1. The van der Waals surface area contributed by atoms with Gasteiger partial charge in [0.05, 0.1) is 12.5 Å². The Kier molecular flexibility index (Phi) is 5.48. The number of aliphatic hydroxyl groups is 1. The Morgan fingerprint density at radius 2 is 2.11 bits per heavy atom. The van der Waals surface area contributed by atoms with Crippen LogP contribution in [0.1, 0.15) is 33.4 Å². The van der Waals surface area contributed by atoms with Crippen molar-refractivity contribution in [3.05, 3.63) is 30.1 Å². The van der Waals surface area contributed by atoms with Crippen LogP contribution in [0.2, 0.25) is 0 Å². The molecule has 0 aliphatic rings. The van der Waals surface area contributed by atoms with Crippen molar-refractivity contribution >= 4 is 5.91 Å². The van der Waals surface area contributed by atoms with E-state index in [-0.39, 0.29) is 29.8 Å². The van der Waals surface area contributed by atoms with Crippen molar-refractivity contribution in [2.75, 3.05) is 13.2 Å². The van der Waals surface area contributed by atoms with E-state index >= 15 is 0 Å². The molecule has 0 bridgehead atoms. The predicted molar refractivity (Wildman–Crippen MR) is 75.7 cm³/mol. The van der Waals surface area contributed by atoms with E-state index in [4.69, 9.17) is 0 Å². The number of pyridine rings is 1. The number of aliphatic hydroxyl groups excluding tert-OH is 1. The van der Waals surface area contributed by atoms with Crippen LogP contribution in [0.15, 0.2) is 24.4 Å². The topological polar surface area (TPSA) is 62.2 Å². The summed E-state index contributed by atoms with van der Waals surface area (Å²) in [7, 11) is 0. The Labute approximate surface area is 115 Å². The second-order valence-electron chi connectivity index (χ2n) is 5.85. The fourth-order valence-corrected chi connectivity index (χ4v) is 1.89. The molecule has 0 aromatic carbocycles. The smallest absolute Gasteiger partial charge is 0.225 e. The van der Waals surface area contributed by atoms with Crippen LogP contribution in [0.25, 0.3) is 0 Å². The SMILES string of the molecule is CC(C)C(CO)C(=O)NCC(C)(C)c1ccccn1. The van der Waals surface area contributed by atoms with E-state index in [1.807, 2.05) is 45.9 Å². The Bertz CT molecular complexity index is 402. The maximum Gasteiger partial charge on any atom is 0.225 e. The number of hydrogen-bond acceptors (Lipinski definition) is 3. The molecule has 1 unspecified atom stereocenters. The fourth-order valence-electron chi connectivity index (χ4n) is 1.89. The third kappa shape index (κ3) is 4.31. The van der Waals surface area contributed by atoms with Crippen LogP contribution in [-0.4, -0.2) is 29.1 Å². The lowest BCUT2D eigenvalue weighted by Gasteiger charge is -2.26. The number of nitrogens with one attached hydrogen (secondary N) is 1. The van der Waals surface area contributed by atoms with Gasteiger partial charge in [0.2, 0.25) is 5.91 Å². The van der Waals surface area contributed by atoms with E-state index < -0.39 is 0 Å². The van der Waals surface area contributed by atoms with E-state index in [0.29, 0.717) is 6.54 Å². The lowest BCUT2D eigenvalue weighted by molar-refractivity contribution is -0.127. The van der Waals surface area contributed by atoms with Gasteiger partial charge in [-0.1, -0.05) is 33.8 Å². The van der Waals surface area contributed by atoms with Crippen molar-refractivity contribution in [1.82, 2.24) is 10.3 Å². The number of hydrogen-bond donors (Lipinski definition) is 2. The first-order valence-electron chi connectivity index (χ1n) is 6.68. The molecule has 0 fully saturated rings. The van der Waals surface area contributed by atoms with Crippen LogP contribution in [0.5, 0.6) is 0 Å². The van der Waals surface area contributed by atoms with Crippen molar-refractivity contribution in [2.24, 2.45) is 11.8 Å². The van der Waals surface area contributed by atoms with E-state index in [9.17, 15) is 9.90 Å². The highest BCUT2D eigenvalue weighted by Gasteiger charge is 2.26. The first-order valence-corrected chi connectivity index (χ1v) is 6.68. The lowest BCUT2D eigenvalue weighted by atomic mass is 9.88. The van der Waals surface area contributed by atoms with Crippen LogP contribution in [0.3, 0.4) is 0 Å². The standard InChI is InChI=1S/C15H24N2O2/c1-11(2)12(9-18)14(19)17-10-15(3,4)13-7-5-6-8-16-13/h5-8,11-12,18H,9-10H2,1-4H3,(H,17,19). The molecule has 4 nitrogen and oxygen atoms in total. The summed E-state index contributed by atoms with van der Waals surface area (Å²) in [5.74, 6) is -0.316. The van der Waals surface area contributed by atoms with Crippen molar-refractivity contribution in [1.29, 1.82) is 0 Å². The molecule has 4 heteroatoms. The quantitative estimate of drug-likeness (QED) is 0.822. The Morgan fingerprint density at radius 1 is 1.42 bits per heavy atom. The largest absolute Gasteiger partial charge is 0.396 e. The zero-order chi connectivity index (χ0) is 14.5. The molecule has 1 aromatic rings. The summed E-state index contributed by atoms with van der Waals surface area (Å²) >= 11 is 0. The minimum Gasteiger partial charge on any atom is -0.396 e. The molecule has 19 heavy (non-hydrogen) atoms. The van der Waals surface area contributed by atoms with Gasteiger partial charge in [-0.3, -0.25) is 9.78 Å². The van der Waals surface area contributed by atoms with E-state index in [0.717, 1.165) is 5.69 Å². The zero-order valence-corrected chi connectivity index (χ0v) is 12.2. The van der Waals surface area contributed by atoms with Crippen LogP contribution >= 0.6 is 0 Å². The van der Waals surface area contributed by atoms with Gasteiger partial charge in [-0.25, -0.2) is 0 Å². The third-order valence-electron chi connectivity index (χ3n) is 3.40. The molecule has 0 spiro atoms. The molecule has 1 heterocycles. The lowest BCUT2D eigenvalue weighted by Crippen LogP contribution is -2.42. The third-order valence-corrected chi connectivity index (χ3v) is 3.40. The van der Waals surface area contributed by atoms with E-state index in [1.165, 1.54) is 0 Å². The molecule has 0 aliphatic carbocycles. The first kappa shape index (κ1) is 15.6. The Hall–Kier alpha value is -1.42. The van der Waals surface area contributed by atoms with Crippen LogP contribution < -0.4 is 5.32 Å². The first-order chi connectivity index (χ1) is 8.88. The Morgan fingerprint density at radius 3 is 2.58 bits per heavy atom. The van der Waals surface area contributed by atoms with Gasteiger partial charge in [0, 0.05) is 23.9 Å². The van der Waals surface area contributed by atoms with Crippen LogP contribution in [-0.2, 0) is 10.2 Å². The average molecular weight is 264 g/mol. The van der Waals surface area contributed by atoms with Gasteiger partial charge in [0.1, 0.15) is 0 Å². The monoisotopic (exact) mass is 264 g/mol. The number of carbonyl (C=O) groups excluding carboxylic acids is 1. The van der Waals surface area contributed by atoms with Gasteiger partial charge in [-0.15, -0.1) is 0 Å². The molecule has 0 saturated carbocycles. The molecule has 0 aliphatic heterocycles. The maximum absolute atomic E-state index is 12.0. The van der Waals surface area contributed by atoms with Gasteiger partial charge < -0.3 is 10.4 Å². The fraction of sp³-hybridized carbons (Fsp3) is 0.600. The van der Waals surface area contributed by atoms with Gasteiger partial charge in [-0.05, 0) is 18.1 Å². The molecule has 2 N–H and O–H groups in total. The summed E-state index contributed by atoms with van der Waals surface area (Å²) in [5.41, 5.74) is 0.717. The van der Waals surface area contributed by atoms with E-state index in [2.05, 4.69) is 10.3 Å². The summed E-state index contributed by atoms with van der Waals surface area (Å²) in [4.78, 5) is 16.3. The molecule has 1 rings (SSSR count). The van der Waals surface area contributed by atoms with Crippen LogP contribution in [0.4, 0.5) is 0 Å². The minimum atomic E-state index is -0.348. The van der Waals surface area contributed by atoms with Crippen molar-refractivity contribution in [3.63, 3.8) is 0 Å². The van der Waals surface area contributed by atoms with Crippen molar-refractivity contribution in [3.8, 4) is 0 Å². The zero-order valence-electron chi connectivity index (χ0n) is 12.2. The summed E-state index contributed by atoms with van der Waals surface area (Å²) < 4.78 is 0. The molecule has 1 amide bonds. The highest BCUT2D eigenvalue weighted by molar-refractivity contribution is 5.79. The number of amides is 1. The van der Waals surface area contributed by atoms with Gasteiger partial charge >= 0.3 is 0 Å². The van der Waals surface area contributed by atoms with Crippen molar-refractivity contribution < 1.29 is 9.90 Å². The van der Waals surface area contributed by atoms with Gasteiger partial charge in [0.25, 0.3) is 0 Å². The molecule has 1 aromatic heterocycles. The van der Waals surface area contributed by atoms with Crippen LogP contribution in [0, 0.1) is 11.8 Å². The summed E-state index contributed by atoms with van der Waals surface area (Å²) in [5, 5.41) is 12.2. The highest BCUT2D eigenvalue weighted by Crippen LogP contribution is 2.20. The summed E-state index contributed by atoms with van der Waals surface area (Å²) in [6.07, 6.45) is 1.75.